The Morgan fingerprint density at radius 3 is 2.90 bits per heavy atom. The number of anilines is 1. The van der Waals surface area contributed by atoms with E-state index in [1.54, 1.807) is 18.6 Å². The van der Waals surface area contributed by atoms with Crippen LogP contribution >= 0.6 is 0 Å². The monoisotopic (exact) mass is 282 g/mol. The highest BCUT2D eigenvalue weighted by atomic mass is 16.2. The molecule has 2 rings (SSSR count). The summed E-state index contributed by atoms with van der Waals surface area (Å²) in [4.78, 5) is 15.6. The average molecular weight is 282 g/mol. The van der Waals surface area contributed by atoms with Crippen molar-refractivity contribution in [3.63, 3.8) is 0 Å². The van der Waals surface area contributed by atoms with E-state index in [9.17, 15) is 4.79 Å². The number of nitrogens with one attached hydrogen (secondary N) is 2. The van der Waals surface area contributed by atoms with Gasteiger partial charge in [-0.25, -0.2) is 5.43 Å². The molecule has 0 bridgehead atoms. The molecule has 1 aromatic heterocycles. The van der Waals surface area contributed by atoms with Crippen LogP contribution in [0.1, 0.15) is 16.7 Å². The highest BCUT2D eigenvalue weighted by Crippen LogP contribution is 2.15. The number of aromatic nitrogens is 1. The lowest BCUT2D eigenvalue weighted by atomic mass is 10.1. The molecule has 0 unspecified atom stereocenters. The molecule has 0 spiro atoms. The Balaban J connectivity index is 1.81. The Morgan fingerprint density at radius 2 is 2.19 bits per heavy atom. The molecule has 21 heavy (non-hydrogen) atoms. The first-order valence-electron chi connectivity index (χ1n) is 6.68. The molecule has 0 aliphatic carbocycles. The minimum Gasteiger partial charge on any atom is -0.376 e. The fourth-order valence-electron chi connectivity index (χ4n) is 1.86. The van der Waals surface area contributed by atoms with Crippen LogP contribution in [-0.2, 0) is 4.79 Å². The van der Waals surface area contributed by atoms with E-state index in [0.29, 0.717) is 0 Å². The summed E-state index contributed by atoms with van der Waals surface area (Å²) in [6, 6.07) is 9.72. The molecule has 0 fully saturated rings. The van der Waals surface area contributed by atoms with Gasteiger partial charge in [0, 0.05) is 23.6 Å². The van der Waals surface area contributed by atoms with Crippen molar-refractivity contribution >= 4 is 17.8 Å². The standard InChI is InChI=1S/C16H18N4O/c1-12-5-6-15(13(2)8-12)18-11-16(21)20-19-10-14-4-3-7-17-9-14/h3-10,18H,11H2,1-2H3,(H,20,21)/b19-10+. The van der Waals surface area contributed by atoms with E-state index in [1.807, 2.05) is 38.1 Å². The van der Waals surface area contributed by atoms with E-state index in [-0.39, 0.29) is 12.5 Å². The van der Waals surface area contributed by atoms with E-state index in [2.05, 4.69) is 26.9 Å². The largest absolute Gasteiger partial charge is 0.376 e. The number of pyridine rings is 1. The summed E-state index contributed by atoms with van der Waals surface area (Å²) < 4.78 is 0. The summed E-state index contributed by atoms with van der Waals surface area (Å²) >= 11 is 0. The molecule has 0 saturated heterocycles. The third-order valence-electron chi connectivity index (χ3n) is 2.91. The van der Waals surface area contributed by atoms with Gasteiger partial charge in [-0.2, -0.15) is 5.10 Å². The molecule has 1 aromatic carbocycles. The van der Waals surface area contributed by atoms with Crippen molar-refractivity contribution in [1.82, 2.24) is 10.4 Å². The maximum Gasteiger partial charge on any atom is 0.259 e. The smallest absolute Gasteiger partial charge is 0.259 e. The molecule has 0 aliphatic heterocycles. The summed E-state index contributed by atoms with van der Waals surface area (Å²) in [6.07, 6.45) is 4.91. The number of amides is 1. The van der Waals surface area contributed by atoms with Crippen LogP contribution in [0.15, 0.2) is 47.8 Å². The molecule has 0 saturated carbocycles. The van der Waals surface area contributed by atoms with Crippen molar-refractivity contribution in [2.45, 2.75) is 13.8 Å². The van der Waals surface area contributed by atoms with Crippen molar-refractivity contribution in [2.24, 2.45) is 5.10 Å². The minimum atomic E-state index is -0.199. The van der Waals surface area contributed by atoms with E-state index >= 15 is 0 Å². The zero-order valence-corrected chi connectivity index (χ0v) is 12.1. The number of carbonyl (C=O) groups excluding carboxylic acids is 1. The maximum absolute atomic E-state index is 11.7. The molecule has 0 atom stereocenters. The van der Waals surface area contributed by atoms with Crippen molar-refractivity contribution < 1.29 is 4.79 Å². The number of hydrazone groups is 1. The summed E-state index contributed by atoms with van der Waals surface area (Å²) in [5.74, 6) is -0.199. The first-order valence-corrected chi connectivity index (χ1v) is 6.68. The van der Waals surface area contributed by atoms with Gasteiger partial charge in [0.05, 0.1) is 12.8 Å². The SMILES string of the molecule is Cc1ccc(NCC(=O)N/N=C/c2cccnc2)c(C)c1. The van der Waals surface area contributed by atoms with E-state index in [0.717, 1.165) is 16.8 Å². The van der Waals surface area contributed by atoms with Crippen LogP contribution in [0, 0.1) is 13.8 Å². The Kier molecular flexibility index (Phi) is 5.04. The number of hydrogen-bond acceptors (Lipinski definition) is 4. The Morgan fingerprint density at radius 1 is 1.33 bits per heavy atom. The Labute approximate surface area is 124 Å². The molecule has 5 heteroatoms. The fraction of sp³-hybridized carbons (Fsp3) is 0.188. The predicted octanol–water partition coefficient (Wildman–Crippen LogP) is 2.26. The second-order valence-electron chi connectivity index (χ2n) is 4.75. The fourth-order valence-corrected chi connectivity index (χ4v) is 1.86. The first-order chi connectivity index (χ1) is 10.1. The van der Waals surface area contributed by atoms with Gasteiger partial charge in [0.2, 0.25) is 0 Å². The number of benzene rings is 1. The lowest BCUT2D eigenvalue weighted by Crippen LogP contribution is -2.26. The second kappa shape index (κ2) is 7.19. The van der Waals surface area contributed by atoms with Gasteiger partial charge in [0.1, 0.15) is 0 Å². The van der Waals surface area contributed by atoms with Gasteiger partial charge in [0.15, 0.2) is 0 Å². The van der Waals surface area contributed by atoms with Crippen molar-refractivity contribution in [2.75, 3.05) is 11.9 Å². The molecule has 108 valence electrons. The van der Waals surface area contributed by atoms with Crippen molar-refractivity contribution in [1.29, 1.82) is 0 Å². The van der Waals surface area contributed by atoms with E-state index in [4.69, 9.17) is 0 Å². The summed E-state index contributed by atoms with van der Waals surface area (Å²) in [5, 5.41) is 6.98. The number of hydrogen-bond donors (Lipinski definition) is 2. The second-order valence-corrected chi connectivity index (χ2v) is 4.75. The minimum absolute atomic E-state index is 0.175. The highest BCUT2D eigenvalue weighted by molar-refractivity contribution is 5.84. The molecular weight excluding hydrogens is 264 g/mol. The third-order valence-corrected chi connectivity index (χ3v) is 2.91. The van der Waals surface area contributed by atoms with Crippen LogP contribution in [0.5, 0.6) is 0 Å². The zero-order chi connectivity index (χ0) is 15.1. The normalized spacial score (nSPS) is 10.6. The topological polar surface area (TPSA) is 66.4 Å². The van der Waals surface area contributed by atoms with Gasteiger partial charge in [-0.05, 0) is 31.5 Å². The number of rotatable bonds is 5. The van der Waals surface area contributed by atoms with Crippen LogP contribution < -0.4 is 10.7 Å². The number of carbonyl (C=O) groups is 1. The van der Waals surface area contributed by atoms with E-state index < -0.39 is 0 Å². The third kappa shape index (κ3) is 4.72. The summed E-state index contributed by atoms with van der Waals surface area (Å²) in [6.45, 7) is 4.22. The van der Waals surface area contributed by atoms with E-state index in [1.165, 1.54) is 5.56 Å². The lowest BCUT2D eigenvalue weighted by Gasteiger charge is -2.09. The molecule has 1 amide bonds. The summed E-state index contributed by atoms with van der Waals surface area (Å²) in [5.41, 5.74) is 6.57. The lowest BCUT2D eigenvalue weighted by molar-refractivity contribution is -0.119. The predicted molar refractivity (Wildman–Crippen MR) is 84.4 cm³/mol. The number of nitrogens with zero attached hydrogens (tertiary/aromatic N) is 2. The van der Waals surface area contributed by atoms with Gasteiger partial charge in [-0.15, -0.1) is 0 Å². The molecule has 5 nitrogen and oxygen atoms in total. The van der Waals surface area contributed by atoms with Gasteiger partial charge in [-0.1, -0.05) is 23.8 Å². The molecule has 1 heterocycles. The van der Waals surface area contributed by atoms with Crippen molar-refractivity contribution in [3.8, 4) is 0 Å². The van der Waals surface area contributed by atoms with Gasteiger partial charge < -0.3 is 5.32 Å². The van der Waals surface area contributed by atoms with Crippen LogP contribution in [-0.4, -0.2) is 23.7 Å². The van der Waals surface area contributed by atoms with Crippen LogP contribution in [0.25, 0.3) is 0 Å². The molecule has 0 aliphatic rings. The molecule has 2 N–H and O–H groups in total. The van der Waals surface area contributed by atoms with Crippen LogP contribution in [0.3, 0.4) is 0 Å². The van der Waals surface area contributed by atoms with Gasteiger partial charge >= 0.3 is 0 Å². The summed E-state index contributed by atoms with van der Waals surface area (Å²) in [7, 11) is 0. The molecule has 0 radical (unpaired) electrons. The Bertz CT molecular complexity index is 638. The van der Waals surface area contributed by atoms with Crippen molar-refractivity contribution in [3.05, 3.63) is 59.4 Å². The van der Waals surface area contributed by atoms with Gasteiger partial charge in [-0.3, -0.25) is 9.78 Å². The quantitative estimate of drug-likeness (QED) is 0.653. The highest BCUT2D eigenvalue weighted by Gasteiger charge is 2.02. The van der Waals surface area contributed by atoms with Crippen LogP contribution in [0.2, 0.25) is 0 Å². The van der Waals surface area contributed by atoms with Gasteiger partial charge in [0.25, 0.3) is 5.91 Å². The zero-order valence-electron chi connectivity index (χ0n) is 12.1. The number of aryl methyl sites for hydroxylation is 2. The average Bonchev–Trinajstić information content (AvgIpc) is 2.47. The first kappa shape index (κ1) is 14.7. The van der Waals surface area contributed by atoms with Crippen LogP contribution in [0.4, 0.5) is 5.69 Å². The Hall–Kier alpha value is -2.69. The molecule has 2 aromatic rings. The molecular formula is C16H18N4O. The maximum atomic E-state index is 11.7.